The molecule has 107 heavy (non-hydrogen) atoms. The molecule has 6 aliphatic rings. The molecule has 3 aromatic carbocycles. The second kappa shape index (κ2) is 36.3. The zero-order chi connectivity index (χ0) is 77.1. The van der Waals surface area contributed by atoms with Crippen molar-refractivity contribution in [2.24, 2.45) is 5.92 Å². The van der Waals surface area contributed by atoms with E-state index in [4.69, 9.17) is 19.3 Å². The molecule has 10 rings (SSSR count). The van der Waals surface area contributed by atoms with E-state index in [-0.39, 0.29) is 67.5 Å². The maximum absolute atomic E-state index is 14.6. The van der Waals surface area contributed by atoms with Gasteiger partial charge >= 0.3 is 47.1 Å². The summed E-state index contributed by atoms with van der Waals surface area (Å²) in [5, 5.41) is 50.6. The van der Waals surface area contributed by atoms with Gasteiger partial charge in [-0.15, -0.1) is 0 Å². The van der Waals surface area contributed by atoms with Crippen LogP contribution in [0, 0.1) is 17.8 Å². The van der Waals surface area contributed by atoms with Crippen LogP contribution in [0.2, 0.25) is 0 Å². The number of phosphoric ester groups is 1. The molecule has 0 saturated carbocycles. The molecule has 12 N–H and O–H groups in total. The molecule has 0 bridgehead atoms. The third-order valence-electron chi connectivity index (χ3n) is 19.2. The minimum atomic E-state index is -5.84. The summed E-state index contributed by atoms with van der Waals surface area (Å²) in [5.41, 5.74) is 5.50. The van der Waals surface area contributed by atoms with Gasteiger partial charge in [0.2, 0.25) is 17.2 Å². The molecule has 1 saturated heterocycles. The number of anilines is 1. The second-order valence-corrected chi connectivity index (χ2v) is 33.9. The van der Waals surface area contributed by atoms with Crippen LogP contribution in [0.3, 0.4) is 0 Å². The van der Waals surface area contributed by atoms with Crippen molar-refractivity contribution < 1.29 is 115 Å². The Labute approximate surface area is 620 Å². The predicted octanol–water partition coefficient (Wildman–Crippen LogP) is 4.42. The number of aromatic nitrogens is 2. The number of fused-ring (bicyclic) bond motifs is 4. The van der Waals surface area contributed by atoms with Gasteiger partial charge < -0.3 is 70.3 Å². The summed E-state index contributed by atoms with van der Waals surface area (Å²) in [5.74, 6) is -0.119. The number of amides is 3. The van der Waals surface area contributed by atoms with Gasteiger partial charge in [-0.1, -0.05) is 59.3 Å². The first-order chi connectivity index (χ1) is 50.9. The van der Waals surface area contributed by atoms with E-state index in [0.29, 0.717) is 49.2 Å². The maximum atomic E-state index is 14.6. The fourth-order valence-corrected chi connectivity index (χ4v) is 19.4. The lowest BCUT2D eigenvalue weighted by Crippen LogP contribution is -2.45. The lowest BCUT2D eigenvalue weighted by molar-refractivity contribution is -0.144. The highest BCUT2D eigenvalue weighted by Crippen LogP contribution is 2.66. The van der Waals surface area contributed by atoms with Crippen molar-refractivity contribution in [1.82, 2.24) is 30.1 Å². The van der Waals surface area contributed by atoms with E-state index in [9.17, 15) is 91.9 Å². The Morgan fingerprint density at radius 3 is 2.19 bits per heavy atom. The normalized spacial score (nSPS) is 18.9. The number of carboxylic acids is 3. The van der Waals surface area contributed by atoms with Gasteiger partial charge in [0.05, 0.1) is 54.8 Å². The molecule has 0 aliphatic carbocycles. The maximum Gasteiger partial charge on any atom is 0.490 e. The Bertz CT molecular complexity index is 4640. The number of carboxylic acid groups (broad SMARTS) is 3. The van der Waals surface area contributed by atoms with Crippen LogP contribution in [0.5, 0.6) is 11.5 Å². The number of H-pyrrole nitrogens is 1. The van der Waals surface area contributed by atoms with Crippen LogP contribution in [0.15, 0.2) is 46.1 Å². The molecular weight excluding hydrogens is 1500 g/mol. The number of aliphatic hydroxyl groups is 1. The van der Waals surface area contributed by atoms with E-state index in [1.807, 2.05) is 4.98 Å². The Kier molecular flexibility index (Phi) is 27.7. The highest BCUT2D eigenvalue weighted by Gasteiger charge is 2.44. The Hall–Kier alpha value is -7.64. The second-order valence-electron chi connectivity index (χ2n) is 26.8. The average molecular weight is 1590 g/mol. The van der Waals surface area contributed by atoms with E-state index >= 15 is 0 Å². The molecule has 8 atom stereocenters. The van der Waals surface area contributed by atoms with E-state index in [1.165, 1.54) is 49.8 Å². The van der Waals surface area contributed by atoms with Crippen LogP contribution >= 0.6 is 45.1 Å². The summed E-state index contributed by atoms with van der Waals surface area (Å²) in [4.78, 5) is 171. The number of phosphoric acid groups is 3. The molecule has 4 aromatic rings. The van der Waals surface area contributed by atoms with Crippen LogP contribution in [0.1, 0.15) is 182 Å². The smallest absolute Gasteiger partial charge is 0.481 e. The number of aliphatic carboxylic acids is 2. The molecule has 38 heteroatoms. The van der Waals surface area contributed by atoms with Crippen molar-refractivity contribution in [3.8, 4) is 23.3 Å². The highest BCUT2D eigenvalue weighted by atomic mass is 33.1. The Morgan fingerprint density at radius 1 is 0.757 bits per heavy atom. The predicted molar refractivity (Wildman–Crippen MR) is 387 cm³/mol. The lowest BCUT2D eigenvalue weighted by atomic mass is 9.81. The van der Waals surface area contributed by atoms with E-state index in [0.717, 1.165) is 127 Å². The molecule has 0 spiro atoms. The average Bonchev–Trinajstić information content (AvgIpc) is 1.09. The minimum absolute atomic E-state index is 0.0204. The quantitative estimate of drug-likeness (QED) is 0.00860. The number of ketones is 2. The van der Waals surface area contributed by atoms with Gasteiger partial charge in [0.15, 0.2) is 11.6 Å². The fraction of sp³-hybridized carbons (Fsp3) is 0.522. The van der Waals surface area contributed by atoms with Gasteiger partial charge in [-0.2, -0.15) is 8.62 Å². The van der Waals surface area contributed by atoms with Gasteiger partial charge in [-0.05, 0) is 106 Å². The van der Waals surface area contributed by atoms with Crippen molar-refractivity contribution in [2.45, 2.75) is 172 Å². The van der Waals surface area contributed by atoms with Crippen molar-refractivity contribution in [1.29, 1.82) is 0 Å². The minimum Gasteiger partial charge on any atom is -0.481 e. The fourth-order valence-electron chi connectivity index (χ4n) is 14.3. The molecule has 7 heterocycles. The van der Waals surface area contributed by atoms with Gasteiger partial charge in [0, 0.05) is 114 Å². The van der Waals surface area contributed by atoms with Crippen LogP contribution < -0.4 is 52.0 Å². The number of aliphatic hydroxyl groups excluding tert-OH is 1. The van der Waals surface area contributed by atoms with Crippen molar-refractivity contribution in [2.75, 3.05) is 55.7 Å². The zero-order valence-corrected chi connectivity index (χ0v) is 62.7. The lowest BCUT2D eigenvalue weighted by Gasteiger charge is -2.39. The van der Waals surface area contributed by atoms with E-state index < -0.39 is 132 Å². The number of hydrogen-bond donors (Lipinski definition) is 12. The number of aromatic amines is 1. The molecule has 6 unspecified atom stereocenters. The summed E-state index contributed by atoms with van der Waals surface area (Å²) in [6.45, 7) is 4.09. The third-order valence-corrected chi connectivity index (χ3v) is 25.5. The van der Waals surface area contributed by atoms with Crippen molar-refractivity contribution >= 4 is 104 Å². The van der Waals surface area contributed by atoms with E-state index in [2.05, 4.69) is 62.5 Å². The number of aromatic carboxylic acids is 1. The summed E-state index contributed by atoms with van der Waals surface area (Å²) >= 11 is 0. The SMILES string of the molecule is CCC(CC(=O)C(CC(=O)O)NC(=O)CCCCCCC(=O)C(CCCSSCCC(=O)NCC#Cc1cn([C@H]2CC(O)[C@@H](COP(=O)(O)OP(=O)(O)OP(=O)(O)O)O2)c(=O)[nH]c1=O)NC(=O)c1ccc(C2=c3cc4c5c(c3Oc3c2cc2c6c3CCCN6CCC2)CCC[N+]=5CCC4)c(C(=O)O)c1)C(=O)O. The van der Waals surface area contributed by atoms with Crippen LogP contribution in [0.25, 0.3) is 5.57 Å². The number of hydrogen-bond acceptors (Lipinski definition) is 22. The van der Waals surface area contributed by atoms with Crippen LogP contribution in [-0.2, 0) is 86.0 Å². The molecular formula is C69H85N7O26P3S2+. The summed E-state index contributed by atoms with van der Waals surface area (Å²) in [6, 6.07) is 6.55. The van der Waals surface area contributed by atoms with Gasteiger partial charge in [0.25, 0.3) is 11.5 Å². The molecule has 33 nitrogen and oxygen atoms in total. The number of rotatable bonds is 37. The van der Waals surface area contributed by atoms with E-state index in [1.54, 1.807) is 19.1 Å². The monoisotopic (exact) mass is 1580 g/mol. The topological polar surface area (TPSA) is 493 Å². The summed E-state index contributed by atoms with van der Waals surface area (Å²) < 4.78 is 62.7. The number of carbonyl (C=O) groups is 8. The van der Waals surface area contributed by atoms with Gasteiger partial charge in [-0.25, -0.2) is 27.9 Å². The first-order valence-electron chi connectivity index (χ1n) is 35.3. The van der Waals surface area contributed by atoms with Crippen LogP contribution in [-0.4, -0.2) is 172 Å². The number of unbranched alkanes of at least 4 members (excludes halogenated alkanes) is 3. The molecule has 3 amide bonds. The number of benzene rings is 3. The number of nitrogens with one attached hydrogen (secondary N) is 4. The summed E-state index contributed by atoms with van der Waals surface area (Å²) in [6.07, 6.45) is 4.59. The first kappa shape index (κ1) is 81.9. The Morgan fingerprint density at radius 2 is 1.47 bits per heavy atom. The third kappa shape index (κ3) is 21.2. The summed E-state index contributed by atoms with van der Waals surface area (Å²) in [7, 11) is -14.3. The molecule has 1 fully saturated rings. The largest absolute Gasteiger partial charge is 0.490 e. The number of Topliss-reactive ketones (excluding diaryl/α,β-unsaturated/α-hetero) is 2. The number of aryl methyl sites for hydroxylation is 2. The molecule has 0 radical (unpaired) electrons. The number of carbonyl (C=O) groups excluding carboxylic acids is 5. The van der Waals surface area contributed by atoms with Gasteiger partial charge in [-0.3, -0.25) is 52.4 Å². The van der Waals surface area contributed by atoms with Crippen LogP contribution in [0.4, 0.5) is 5.69 Å². The number of ether oxygens (including phenoxy) is 2. The number of nitrogens with zero attached hydrogens (tertiary/aromatic N) is 3. The highest BCUT2D eigenvalue weighted by molar-refractivity contribution is 8.76. The molecule has 6 aliphatic heterocycles. The zero-order valence-electron chi connectivity index (χ0n) is 58.4. The standard InChI is InChI=1S/C69H84N7O26P3S2/c1-2-39(67(86)87)34-53(78)51(35-59(82)83)71-57(81)20-6-4-3-5-19-52(77)50(18-12-29-106-107-30-23-56(80)70-24-7-13-43-37-76(69(90)73-66(43)85)58-36-54(79)55(99-58)38-98-104(94,95)102-105(96,97)101-103(91,92)93)72-65(84)42-21-22-44(47(33-42)68(88)89)60-48-31-40-14-8-25-74-27-10-16-45(61(40)74)63(48)100-64-46-17-11-28-75-26-9-15-41(62(46)75)32-49(60)64/h21-22,31-33,37,39,50-51,54-55,58,79H,2-6,8-12,14-20,23-30,34-36,38H2,1H3,(H10-,70,71,72,73,80,81,82,83,84,85,86,87,88,89,90,91,92,93,94,95,96,97)/p+1/t39?,50?,51?,54?,55-,58-/m1/s1. The molecule has 578 valence electrons. The van der Waals surface area contributed by atoms with Crippen molar-refractivity contribution in [3.63, 3.8) is 0 Å². The molecule has 1 aromatic heterocycles. The first-order valence-corrected chi connectivity index (χ1v) is 42.3. The Balaban J connectivity index is 0.773. The van der Waals surface area contributed by atoms with Gasteiger partial charge in [0.1, 0.15) is 42.5 Å². The van der Waals surface area contributed by atoms with Crippen molar-refractivity contribution in [3.05, 3.63) is 118 Å².